The first-order valence-corrected chi connectivity index (χ1v) is 3.79. The average molecular weight is 142 g/mol. The Hall–Kier alpha value is -0.530. The maximum atomic E-state index is 4.10. The Morgan fingerprint density at radius 2 is 2.10 bits per heavy atom. The van der Waals surface area contributed by atoms with Crippen LogP contribution in [0, 0.1) is 0 Å². The maximum absolute atomic E-state index is 4.10. The van der Waals surface area contributed by atoms with Crippen molar-refractivity contribution in [2.45, 2.75) is 33.2 Å². The Bertz CT molecular complexity index is 118. The van der Waals surface area contributed by atoms with Gasteiger partial charge in [0, 0.05) is 20.1 Å². The Labute approximate surface area is 63.9 Å². The lowest BCUT2D eigenvalue weighted by atomic mass is 10.2. The SMILES string of the molecule is CCC(C)N(C)C(C)=NC. The molecule has 0 fully saturated rings. The van der Waals surface area contributed by atoms with Crippen LogP contribution in [0.3, 0.4) is 0 Å². The fourth-order valence-corrected chi connectivity index (χ4v) is 0.751. The van der Waals surface area contributed by atoms with E-state index in [9.17, 15) is 0 Å². The van der Waals surface area contributed by atoms with Crippen molar-refractivity contribution >= 4 is 5.84 Å². The van der Waals surface area contributed by atoms with E-state index in [1.165, 1.54) is 6.42 Å². The summed E-state index contributed by atoms with van der Waals surface area (Å²) < 4.78 is 0. The minimum atomic E-state index is 0.601. The standard InChI is InChI=1S/C8H18N2/c1-6-7(2)10(5)8(3)9-4/h7H,6H2,1-5H3. The molecule has 2 heteroatoms. The summed E-state index contributed by atoms with van der Waals surface area (Å²) in [5, 5.41) is 0. The molecule has 0 aliphatic rings. The summed E-state index contributed by atoms with van der Waals surface area (Å²) in [6, 6.07) is 0.601. The first-order valence-electron chi connectivity index (χ1n) is 3.79. The van der Waals surface area contributed by atoms with Crippen molar-refractivity contribution in [1.82, 2.24) is 4.90 Å². The molecule has 0 saturated heterocycles. The third-order valence-corrected chi connectivity index (χ3v) is 2.09. The number of aliphatic imine (C=N–C) groups is 1. The highest BCUT2D eigenvalue weighted by Crippen LogP contribution is 2.00. The van der Waals surface area contributed by atoms with E-state index < -0.39 is 0 Å². The summed E-state index contributed by atoms with van der Waals surface area (Å²) in [5.41, 5.74) is 0. The van der Waals surface area contributed by atoms with Crippen LogP contribution in [-0.2, 0) is 0 Å². The van der Waals surface area contributed by atoms with Gasteiger partial charge < -0.3 is 4.90 Å². The Morgan fingerprint density at radius 1 is 1.60 bits per heavy atom. The molecule has 2 nitrogen and oxygen atoms in total. The van der Waals surface area contributed by atoms with Crippen LogP contribution in [0.5, 0.6) is 0 Å². The summed E-state index contributed by atoms with van der Waals surface area (Å²) in [5.74, 6) is 1.11. The summed E-state index contributed by atoms with van der Waals surface area (Å²) in [6.45, 7) is 6.42. The molecule has 60 valence electrons. The normalized spacial score (nSPS) is 15.1. The number of rotatable bonds is 2. The van der Waals surface area contributed by atoms with Gasteiger partial charge in [0.1, 0.15) is 0 Å². The Balaban J connectivity index is 3.94. The first kappa shape index (κ1) is 9.47. The lowest BCUT2D eigenvalue weighted by Crippen LogP contribution is -2.32. The molecule has 0 heterocycles. The molecule has 0 spiro atoms. The number of hydrogen-bond acceptors (Lipinski definition) is 1. The topological polar surface area (TPSA) is 15.6 Å². The van der Waals surface area contributed by atoms with E-state index in [4.69, 9.17) is 0 Å². The van der Waals surface area contributed by atoms with Gasteiger partial charge in [-0.25, -0.2) is 0 Å². The van der Waals surface area contributed by atoms with Crippen LogP contribution in [0.2, 0.25) is 0 Å². The summed E-state index contributed by atoms with van der Waals surface area (Å²) in [7, 11) is 3.91. The van der Waals surface area contributed by atoms with E-state index >= 15 is 0 Å². The van der Waals surface area contributed by atoms with Gasteiger partial charge in [-0.2, -0.15) is 0 Å². The van der Waals surface area contributed by atoms with Gasteiger partial charge in [0.2, 0.25) is 0 Å². The van der Waals surface area contributed by atoms with Crippen molar-refractivity contribution < 1.29 is 0 Å². The van der Waals surface area contributed by atoms with Gasteiger partial charge in [0.25, 0.3) is 0 Å². The first-order chi connectivity index (χ1) is 4.63. The van der Waals surface area contributed by atoms with E-state index in [0.717, 1.165) is 5.84 Å². The number of hydrogen-bond donors (Lipinski definition) is 0. The summed E-state index contributed by atoms with van der Waals surface area (Å²) in [4.78, 5) is 6.29. The molecule has 0 N–H and O–H groups in total. The molecule has 0 rings (SSSR count). The molecular weight excluding hydrogens is 124 g/mol. The van der Waals surface area contributed by atoms with Crippen LogP contribution in [0.25, 0.3) is 0 Å². The van der Waals surface area contributed by atoms with Gasteiger partial charge in [0.15, 0.2) is 0 Å². The van der Waals surface area contributed by atoms with Crippen LogP contribution in [0.1, 0.15) is 27.2 Å². The van der Waals surface area contributed by atoms with E-state index in [0.29, 0.717) is 6.04 Å². The highest BCUT2D eigenvalue weighted by molar-refractivity contribution is 5.79. The summed E-state index contributed by atoms with van der Waals surface area (Å²) >= 11 is 0. The van der Waals surface area contributed by atoms with E-state index in [2.05, 4.69) is 30.8 Å². The zero-order valence-electron chi connectivity index (χ0n) is 7.68. The van der Waals surface area contributed by atoms with Crippen LogP contribution in [0.4, 0.5) is 0 Å². The van der Waals surface area contributed by atoms with E-state index in [-0.39, 0.29) is 0 Å². The van der Waals surface area contributed by atoms with Crippen LogP contribution >= 0.6 is 0 Å². The molecule has 1 unspecified atom stereocenters. The smallest absolute Gasteiger partial charge is 0.0953 e. The lowest BCUT2D eigenvalue weighted by Gasteiger charge is -2.24. The largest absolute Gasteiger partial charge is 0.361 e. The molecule has 0 aliphatic carbocycles. The average Bonchev–Trinajstić information content (AvgIpc) is 2.00. The van der Waals surface area contributed by atoms with E-state index in [1.807, 2.05) is 14.0 Å². The van der Waals surface area contributed by atoms with Crippen molar-refractivity contribution in [2.24, 2.45) is 4.99 Å². The molecule has 0 radical (unpaired) electrons. The molecule has 0 bridgehead atoms. The molecule has 0 aromatic carbocycles. The van der Waals surface area contributed by atoms with Gasteiger partial charge >= 0.3 is 0 Å². The van der Waals surface area contributed by atoms with Crippen LogP contribution in [0.15, 0.2) is 4.99 Å². The van der Waals surface area contributed by atoms with Crippen molar-refractivity contribution in [1.29, 1.82) is 0 Å². The van der Waals surface area contributed by atoms with Crippen LogP contribution in [-0.4, -0.2) is 30.9 Å². The molecular formula is C8H18N2. The minimum absolute atomic E-state index is 0.601. The van der Waals surface area contributed by atoms with Crippen molar-refractivity contribution in [2.75, 3.05) is 14.1 Å². The number of nitrogens with zero attached hydrogens (tertiary/aromatic N) is 2. The molecule has 1 atom stereocenters. The fraction of sp³-hybridized carbons (Fsp3) is 0.875. The predicted molar refractivity (Wildman–Crippen MR) is 46.5 cm³/mol. The Kier molecular flexibility index (Phi) is 4.08. The highest BCUT2D eigenvalue weighted by Gasteiger charge is 2.05. The molecule has 0 aliphatic heterocycles. The zero-order chi connectivity index (χ0) is 8.15. The van der Waals surface area contributed by atoms with E-state index in [1.54, 1.807) is 0 Å². The third kappa shape index (κ3) is 2.38. The third-order valence-electron chi connectivity index (χ3n) is 2.09. The van der Waals surface area contributed by atoms with Gasteiger partial charge in [0.05, 0.1) is 5.84 Å². The predicted octanol–water partition coefficient (Wildman–Crippen LogP) is 1.76. The number of amidine groups is 1. The monoisotopic (exact) mass is 142 g/mol. The van der Waals surface area contributed by atoms with Gasteiger partial charge in [-0.1, -0.05) is 6.92 Å². The van der Waals surface area contributed by atoms with Crippen molar-refractivity contribution in [3.8, 4) is 0 Å². The van der Waals surface area contributed by atoms with Crippen LogP contribution < -0.4 is 0 Å². The lowest BCUT2D eigenvalue weighted by molar-refractivity contribution is 0.378. The fourth-order valence-electron chi connectivity index (χ4n) is 0.751. The van der Waals surface area contributed by atoms with Crippen molar-refractivity contribution in [3.05, 3.63) is 0 Å². The van der Waals surface area contributed by atoms with Gasteiger partial charge in [-0.05, 0) is 20.3 Å². The van der Waals surface area contributed by atoms with Gasteiger partial charge in [-0.3, -0.25) is 4.99 Å². The molecule has 0 amide bonds. The second-order valence-corrected chi connectivity index (χ2v) is 2.64. The second-order valence-electron chi connectivity index (χ2n) is 2.64. The Morgan fingerprint density at radius 3 is 2.40 bits per heavy atom. The second kappa shape index (κ2) is 4.31. The van der Waals surface area contributed by atoms with Gasteiger partial charge in [-0.15, -0.1) is 0 Å². The zero-order valence-corrected chi connectivity index (χ0v) is 7.68. The molecule has 0 aromatic rings. The van der Waals surface area contributed by atoms with Crippen molar-refractivity contribution in [3.63, 3.8) is 0 Å². The molecule has 10 heavy (non-hydrogen) atoms. The minimum Gasteiger partial charge on any atom is -0.361 e. The summed E-state index contributed by atoms with van der Waals surface area (Å²) in [6.07, 6.45) is 1.17. The maximum Gasteiger partial charge on any atom is 0.0953 e. The molecule has 0 aromatic heterocycles. The quantitative estimate of drug-likeness (QED) is 0.424. The highest BCUT2D eigenvalue weighted by atomic mass is 15.2. The molecule has 0 saturated carbocycles.